The van der Waals surface area contributed by atoms with E-state index in [1.54, 1.807) is 0 Å². The number of aliphatic carboxylic acids is 1. The molecule has 0 saturated heterocycles. The molecule has 6 heteroatoms. The summed E-state index contributed by atoms with van der Waals surface area (Å²) in [7, 11) is 2.77. The minimum Gasteiger partial charge on any atom is -0.504 e. The van der Waals surface area contributed by atoms with Crippen LogP contribution in [0.15, 0.2) is 18.2 Å². The highest BCUT2D eigenvalue weighted by atomic mass is 16.5. The van der Waals surface area contributed by atoms with Crippen LogP contribution in [-0.4, -0.2) is 47.7 Å². The molecule has 0 saturated carbocycles. The van der Waals surface area contributed by atoms with Gasteiger partial charge in [-0.25, -0.2) is 0 Å². The Kier molecular flexibility index (Phi) is 3.92. The number of methoxy groups -OCH3 is 1. The summed E-state index contributed by atoms with van der Waals surface area (Å²) < 4.78 is 4.84. The van der Waals surface area contributed by atoms with Crippen LogP contribution >= 0.6 is 0 Å². The average molecular weight is 239 g/mol. The third-order valence-electron chi connectivity index (χ3n) is 2.14. The van der Waals surface area contributed by atoms with Gasteiger partial charge in [-0.2, -0.15) is 0 Å². The summed E-state index contributed by atoms with van der Waals surface area (Å²) in [6.07, 6.45) is 0. The standard InChI is InChI=1S/C11H13NO5/c1-12(6-10(14)15)11(16)7-3-4-9(17-2)8(13)5-7/h3-5,13H,6H2,1-2H3,(H,14,15). The first-order chi connectivity index (χ1) is 7.95. The van der Waals surface area contributed by atoms with Crippen LogP contribution in [0.4, 0.5) is 0 Å². The molecule has 1 aromatic carbocycles. The summed E-state index contributed by atoms with van der Waals surface area (Å²) in [6.45, 7) is -0.397. The van der Waals surface area contributed by atoms with Crippen LogP contribution in [-0.2, 0) is 4.79 Å². The van der Waals surface area contributed by atoms with Crippen molar-refractivity contribution in [3.8, 4) is 11.5 Å². The largest absolute Gasteiger partial charge is 0.504 e. The maximum absolute atomic E-state index is 11.7. The number of rotatable bonds is 4. The molecule has 1 amide bonds. The minimum absolute atomic E-state index is 0.165. The van der Waals surface area contributed by atoms with Gasteiger partial charge in [0.2, 0.25) is 0 Å². The first kappa shape index (κ1) is 12.8. The number of ether oxygens (including phenoxy) is 1. The Bertz CT molecular complexity index is 443. The quantitative estimate of drug-likeness (QED) is 0.801. The van der Waals surface area contributed by atoms with Gasteiger partial charge in [0.1, 0.15) is 6.54 Å². The summed E-state index contributed by atoms with van der Waals surface area (Å²) in [5.74, 6) is -1.49. The fourth-order valence-corrected chi connectivity index (χ4v) is 1.32. The first-order valence-electron chi connectivity index (χ1n) is 4.80. The van der Waals surface area contributed by atoms with Gasteiger partial charge in [-0.3, -0.25) is 9.59 Å². The predicted molar refractivity (Wildman–Crippen MR) is 59.3 cm³/mol. The molecule has 0 aliphatic carbocycles. The van der Waals surface area contributed by atoms with Crippen LogP contribution in [0.3, 0.4) is 0 Å². The number of benzene rings is 1. The molecule has 2 N–H and O–H groups in total. The second-order valence-electron chi connectivity index (χ2n) is 3.44. The zero-order valence-corrected chi connectivity index (χ0v) is 9.51. The molecule has 0 aromatic heterocycles. The van der Waals surface area contributed by atoms with E-state index in [-0.39, 0.29) is 17.1 Å². The maximum atomic E-state index is 11.7. The third kappa shape index (κ3) is 3.10. The lowest BCUT2D eigenvalue weighted by Gasteiger charge is -2.15. The van der Waals surface area contributed by atoms with E-state index in [2.05, 4.69) is 0 Å². The lowest BCUT2D eigenvalue weighted by atomic mass is 10.2. The summed E-state index contributed by atoms with van der Waals surface area (Å²) >= 11 is 0. The van der Waals surface area contributed by atoms with E-state index < -0.39 is 18.4 Å². The van der Waals surface area contributed by atoms with Crippen LogP contribution in [0.2, 0.25) is 0 Å². The van der Waals surface area contributed by atoms with Gasteiger partial charge < -0.3 is 19.8 Å². The number of carbonyl (C=O) groups is 2. The van der Waals surface area contributed by atoms with Crippen LogP contribution in [0.1, 0.15) is 10.4 Å². The lowest BCUT2D eigenvalue weighted by molar-refractivity contribution is -0.137. The number of phenols is 1. The number of carbonyl (C=O) groups excluding carboxylic acids is 1. The number of carboxylic acid groups (broad SMARTS) is 1. The van der Waals surface area contributed by atoms with Crippen molar-refractivity contribution in [1.82, 2.24) is 4.90 Å². The van der Waals surface area contributed by atoms with E-state index >= 15 is 0 Å². The molecule has 17 heavy (non-hydrogen) atoms. The SMILES string of the molecule is COc1ccc(C(=O)N(C)CC(=O)O)cc1O. The molecule has 0 unspecified atom stereocenters. The second kappa shape index (κ2) is 5.20. The van der Waals surface area contributed by atoms with E-state index in [4.69, 9.17) is 9.84 Å². The molecule has 0 spiro atoms. The molecule has 0 aliphatic heterocycles. The predicted octanol–water partition coefficient (Wildman–Crippen LogP) is 0.557. The number of nitrogens with zero attached hydrogens (tertiary/aromatic N) is 1. The molecule has 1 aromatic rings. The zero-order chi connectivity index (χ0) is 13.0. The number of aromatic hydroxyl groups is 1. The van der Waals surface area contributed by atoms with Gasteiger partial charge >= 0.3 is 5.97 Å². The Balaban J connectivity index is 2.89. The number of likely N-dealkylation sites (N-methyl/N-ethyl adjacent to an activating group) is 1. The van der Waals surface area contributed by atoms with Crippen molar-refractivity contribution in [1.29, 1.82) is 0 Å². The number of phenolic OH excluding ortho intramolecular Hbond substituents is 1. The van der Waals surface area contributed by atoms with E-state index in [1.807, 2.05) is 0 Å². The van der Waals surface area contributed by atoms with Gasteiger partial charge in [-0.15, -0.1) is 0 Å². The minimum atomic E-state index is -1.10. The number of hydrogen-bond donors (Lipinski definition) is 2. The highest BCUT2D eigenvalue weighted by Gasteiger charge is 2.15. The Morgan fingerprint density at radius 2 is 2.06 bits per heavy atom. The number of hydrogen-bond acceptors (Lipinski definition) is 4. The zero-order valence-electron chi connectivity index (χ0n) is 9.51. The fourth-order valence-electron chi connectivity index (χ4n) is 1.32. The monoisotopic (exact) mass is 239 g/mol. The van der Waals surface area contributed by atoms with Crippen LogP contribution in [0, 0.1) is 0 Å². The fraction of sp³-hybridized carbons (Fsp3) is 0.273. The lowest BCUT2D eigenvalue weighted by Crippen LogP contribution is -2.31. The van der Waals surface area contributed by atoms with Crippen LogP contribution < -0.4 is 4.74 Å². The molecule has 0 fully saturated rings. The third-order valence-corrected chi connectivity index (χ3v) is 2.14. The smallest absolute Gasteiger partial charge is 0.323 e. The Hall–Kier alpha value is -2.24. The van der Waals surface area contributed by atoms with E-state index in [1.165, 1.54) is 32.4 Å². The molecule has 1 rings (SSSR count). The van der Waals surface area contributed by atoms with Crippen molar-refractivity contribution in [3.05, 3.63) is 23.8 Å². The van der Waals surface area contributed by atoms with Gasteiger partial charge in [0.15, 0.2) is 11.5 Å². The van der Waals surface area contributed by atoms with Crippen molar-refractivity contribution in [2.45, 2.75) is 0 Å². The molecule has 0 bridgehead atoms. The van der Waals surface area contributed by atoms with Crippen molar-refractivity contribution in [2.75, 3.05) is 20.7 Å². The summed E-state index contributed by atoms with van der Waals surface area (Å²) in [5.41, 5.74) is 0.201. The van der Waals surface area contributed by atoms with Gasteiger partial charge in [-0.05, 0) is 18.2 Å². The molecule has 92 valence electrons. The van der Waals surface area contributed by atoms with Crippen molar-refractivity contribution >= 4 is 11.9 Å². The molecule has 6 nitrogen and oxygen atoms in total. The maximum Gasteiger partial charge on any atom is 0.323 e. The molecule has 0 atom stereocenters. The van der Waals surface area contributed by atoms with Gasteiger partial charge in [0.25, 0.3) is 5.91 Å². The van der Waals surface area contributed by atoms with Gasteiger partial charge in [-0.1, -0.05) is 0 Å². The first-order valence-corrected chi connectivity index (χ1v) is 4.80. The highest BCUT2D eigenvalue weighted by molar-refractivity contribution is 5.96. The Morgan fingerprint density at radius 3 is 2.53 bits per heavy atom. The second-order valence-corrected chi connectivity index (χ2v) is 3.44. The van der Waals surface area contributed by atoms with Crippen LogP contribution in [0.5, 0.6) is 11.5 Å². The van der Waals surface area contributed by atoms with Crippen molar-refractivity contribution < 1.29 is 24.5 Å². The van der Waals surface area contributed by atoms with E-state index in [0.717, 1.165) is 4.90 Å². The van der Waals surface area contributed by atoms with Gasteiger partial charge in [0, 0.05) is 12.6 Å². The molecule has 0 aliphatic rings. The van der Waals surface area contributed by atoms with Gasteiger partial charge in [0.05, 0.1) is 7.11 Å². The molecular weight excluding hydrogens is 226 g/mol. The number of amides is 1. The Labute approximate surface area is 98.0 Å². The summed E-state index contributed by atoms with van der Waals surface area (Å²) in [5, 5.41) is 18.0. The number of carboxylic acids is 1. The van der Waals surface area contributed by atoms with E-state index in [9.17, 15) is 14.7 Å². The Morgan fingerprint density at radius 1 is 1.41 bits per heavy atom. The van der Waals surface area contributed by atoms with Crippen molar-refractivity contribution in [2.24, 2.45) is 0 Å². The summed E-state index contributed by atoms with van der Waals surface area (Å²) in [4.78, 5) is 23.2. The molecule has 0 radical (unpaired) electrons. The highest BCUT2D eigenvalue weighted by Crippen LogP contribution is 2.26. The topological polar surface area (TPSA) is 87.1 Å². The van der Waals surface area contributed by atoms with Crippen LogP contribution in [0.25, 0.3) is 0 Å². The summed E-state index contributed by atoms with van der Waals surface area (Å²) in [6, 6.07) is 4.13. The average Bonchev–Trinajstić information content (AvgIpc) is 2.27. The molecular formula is C11H13NO5. The van der Waals surface area contributed by atoms with E-state index in [0.29, 0.717) is 0 Å². The normalized spacial score (nSPS) is 9.76. The molecule has 0 heterocycles. The van der Waals surface area contributed by atoms with Crippen molar-refractivity contribution in [3.63, 3.8) is 0 Å².